The van der Waals surface area contributed by atoms with Crippen molar-refractivity contribution in [3.05, 3.63) is 34.9 Å². The van der Waals surface area contributed by atoms with Gasteiger partial charge in [0.1, 0.15) is 0 Å². The summed E-state index contributed by atoms with van der Waals surface area (Å²) >= 11 is 9.41. The fraction of sp³-hybridized carbons (Fsp3) is 0.500. The zero-order valence-electron chi connectivity index (χ0n) is 9.04. The van der Waals surface area contributed by atoms with Crippen LogP contribution >= 0.6 is 27.5 Å². The van der Waals surface area contributed by atoms with Crippen LogP contribution in [0.25, 0.3) is 0 Å². The minimum absolute atomic E-state index is 0.0821. The van der Waals surface area contributed by atoms with Crippen LogP contribution in [0.3, 0.4) is 0 Å². The highest BCUT2D eigenvalue weighted by Crippen LogP contribution is 2.24. The average Bonchev–Trinajstić information content (AvgIpc) is 2.25. The van der Waals surface area contributed by atoms with Crippen molar-refractivity contribution in [1.82, 2.24) is 0 Å². The van der Waals surface area contributed by atoms with Crippen molar-refractivity contribution in [1.29, 1.82) is 0 Å². The Balaban J connectivity index is 2.73. The lowest BCUT2D eigenvalue weighted by molar-refractivity contribution is 0.00885. The predicted octanol–water partition coefficient (Wildman–Crippen LogP) is 4.59. The highest BCUT2D eigenvalue weighted by Gasteiger charge is 2.13. The van der Waals surface area contributed by atoms with Gasteiger partial charge in [-0.15, -0.1) is 0 Å². The first-order chi connectivity index (χ1) is 7.17. The summed E-state index contributed by atoms with van der Waals surface area (Å²) in [7, 11) is 0. The molecule has 0 heterocycles. The summed E-state index contributed by atoms with van der Waals surface area (Å²) in [6.45, 7) is 4.20. The van der Waals surface area contributed by atoms with Crippen LogP contribution in [0.5, 0.6) is 0 Å². The standard InChI is InChI=1S/C12H16BrClO/c1-3-9(2)15-12(8-13)10-5-4-6-11(14)7-10/h4-7,9,12H,3,8H2,1-2H3. The van der Waals surface area contributed by atoms with Crippen LogP contribution in [0.1, 0.15) is 31.9 Å². The van der Waals surface area contributed by atoms with Crippen LogP contribution in [0.2, 0.25) is 5.02 Å². The van der Waals surface area contributed by atoms with Crippen molar-refractivity contribution >= 4 is 27.5 Å². The number of hydrogen-bond donors (Lipinski definition) is 0. The molecule has 0 spiro atoms. The van der Waals surface area contributed by atoms with Crippen LogP contribution < -0.4 is 0 Å². The van der Waals surface area contributed by atoms with E-state index in [1.165, 1.54) is 0 Å². The maximum atomic E-state index is 5.95. The lowest BCUT2D eigenvalue weighted by Crippen LogP contribution is -2.13. The monoisotopic (exact) mass is 290 g/mol. The Morgan fingerprint density at radius 2 is 2.20 bits per heavy atom. The van der Waals surface area contributed by atoms with Crippen molar-refractivity contribution in [2.24, 2.45) is 0 Å². The number of halogens is 2. The first kappa shape index (κ1) is 13.0. The molecule has 0 aromatic heterocycles. The molecule has 1 nitrogen and oxygen atoms in total. The third-order valence-corrected chi connectivity index (χ3v) is 3.16. The summed E-state index contributed by atoms with van der Waals surface area (Å²) in [6, 6.07) is 7.82. The third kappa shape index (κ3) is 4.13. The molecule has 1 rings (SSSR count). The first-order valence-electron chi connectivity index (χ1n) is 5.14. The summed E-state index contributed by atoms with van der Waals surface area (Å²) < 4.78 is 5.88. The number of rotatable bonds is 5. The van der Waals surface area contributed by atoms with E-state index in [1.807, 2.05) is 24.3 Å². The minimum Gasteiger partial charge on any atom is -0.370 e. The molecule has 0 saturated carbocycles. The van der Waals surface area contributed by atoms with E-state index in [1.54, 1.807) is 0 Å². The number of alkyl halides is 1. The molecule has 1 aromatic rings. The second-order valence-electron chi connectivity index (χ2n) is 3.55. The predicted molar refractivity (Wildman–Crippen MR) is 68.8 cm³/mol. The molecule has 0 aliphatic carbocycles. The van der Waals surface area contributed by atoms with E-state index in [0.29, 0.717) is 0 Å². The van der Waals surface area contributed by atoms with Crippen molar-refractivity contribution in [3.63, 3.8) is 0 Å². The van der Waals surface area contributed by atoms with Crippen molar-refractivity contribution in [3.8, 4) is 0 Å². The van der Waals surface area contributed by atoms with E-state index in [0.717, 1.165) is 22.3 Å². The SMILES string of the molecule is CCC(C)OC(CBr)c1cccc(Cl)c1. The molecule has 0 saturated heterocycles. The molecule has 15 heavy (non-hydrogen) atoms. The van der Waals surface area contributed by atoms with Gasteiger partial charge in [0.05, 0.1) is 12.2 Å². The van der Waals surface area contributed by atoms with Gasteiger partial charge in [0.2, 0.25) is 0 Å². The van der Waals surface area contributed by atoms with Gasteiger partial charge in [-0.05, 0) is 31.0 Å². The Kier molecular flexibility index (Phi) is 5.65. The van der Waals surface area contributed by atoms with E-state index >= 15 is 0 Å². The minimum atomic E-state index is 0.0821. The Morgan fingerprint density at radius 1 is 1.47 bits per heavy atom. The van der Waals surface area contributed by atoms with Crippen LogP contribution in [0, 0.1) is 0 Å². The molecule has 0 aliphatic rings. The molecule has 1 aromatic carbocycles. The molecule has 0 amide bonds. The molecule has 0 aliphatic heterocycles. The average molecular weight is 292 g/mol. The van der Waals surface area contributed by atoms with Gasteiger partial charge in [0.25, 0.3) is 0 Å². The fourth-order valence-corrected chi connectivity index (χ4v) is 2.01. The lowest BCUT2D eigenvalue weighted by Gasteiger charge is -2.20. The van der Waals surface area contributed by atoms with Crippen molar-refractivity contribution in [2.75, 3.05) is 5.33 Å². The molecule has 84 valence electrons. The summed E-state index contributed by atoms with van der Waals surface area (Å²) in [4.78, 5) is 0. The zero-order valence-corrected chi connectivity index (χ0v) is 11.4. The van der Waals surface area contributed by atoms with E-state index < -0.39 is 0 Å². The molecule has 0 bridgehead atoms. The van der Waals surface area contributed by atoms with Gasteiger partial charge in [0.15, 0.2) is 0 Å². The highest BCUT2D eigenvalue weighted by molar-refractivity contribution is 9.09. The molecular weight excluding hydrogens is 275 g/mol. The Labute approximate surface area is 105 Å². The molecule has 0 N–H and O–H groups in total. The first-order valence-corrected chi connectivity index (χ1v) is 6.64. The quantitative estimate of drug-likeness (QED) is 0.721. The van der Waals surface area contributed by atoms with E-state index in [-0.39, 0.29) is 12.2 Å². The normalized spacial score (nSPS) is 14.9. The maximum Gasteiger partial charge on any atom is 0.0925 e. The van der Waals surface area contributed by atoms with Gasteiger partial charge in [-0.3, -0.25) is 0 Å². The Hall–Kier alpha value is -0.0500. The van der Waals surface area contributed by atoms with Gasteiger partial charge < -0.3 is 4.74 Å². The Bertz CT molecular complexity index is 303. The molecule has 0 fully saturated rings. The maximum absolute atomic E-state index is 5.95. The third-order valence-electron chi connectivity index (χ3n) is 2.33. The molecule has 3 heteroatoms. The largest absolute Gasteiger partial charge is 0.370 e. The van der Waals surface area contributed by atoms with Gasteiger partial charge in [-0.25, -0.2) is 0 Å². The topological polar surface area (TPSA) is 9.23 Å². The number of hydrogen-bond acceptors (Lipinski definition) is 1. The second kappa shape index (κ2) is 6.51. The molecule has 2 unspecified atom stereocenters. The summed E-state index contributed by atoms with van der Waals surface area (Å²) in [5, 5.41) is 1.55. The van der Waals surface area contributed by atoms with Crippen LogP contribution in [-0.4, -0.2) is 11.4 Å². The smallest absolute Gasteiger partial charge is 0.0925 e. The summed E-state index contributed by atoms with van der Waals surface area (Å²) in [6.07, 6.45) is 1.37. The van der Waals surface area contributed by atoms with Gasteiger partial charge in [-0.2, -0.15) is 0 Å². The van der Waals surface area contributed by atoms with Crippen LogP contribution in [0.15, 0.2) is 24.3 Å². The number of ether oxygens (including phenoxy) is 1. The molecular formula is C12H16BrClO. The van der Waals surface area contributed by atoms with E-state index in [4.69, 9.17) is 16.3 Å². The van der Waals surface area contributed by atoms with E-state index in [9.17, 15) is 0 Å². The zero-order chi connectivity index (χ0) is 11.3. The molecule has 2 atom stereocenters. The van der Waals surface area contributed by atoms with Gasteiger partial charge in [-0.1, -0.05) is 46.6 Å². The molecule has 0 radical (unpaired) electrons. The summed E-state index contributed by atoms with van der Waals surface area (Å²) in [5.74, 6) is 0. The summed E-state index contributed by atoms with van der Waals surface area (Å²) in [5.41, 5.74) is 1.12. The van der Waals surface area contributed by atoms with Crippen molar-refractivity contribution in [2.45, 2.75) is 32.5 Å². The second-order valence-corrected chi connectivity index (χ2v) is 4.64. The fourth-order valence-electron chi connectivity index (χ4n) is 1.29. The lowest BCUT2D eigenvalue weighted by atomic mass is 10.1. The highest BCUT2D eigenvalue weighted by atomic mass is 79.9. The van der Waals surface area contributed by atoms with Gasteiger partial charge >= 0.3 is 0 Å². The van der Waals surface area contributed by atoms with Crippen molar-refractivity contribution < 1.29 is 4.74 Å². The van der Waals surface area contributed by atoms with Gasteiger partial charge in [0, 0.05) is 10.4 Å². The Morgan fingerprint density at radius 3 is 2.73 bits per heavy atom. The van der Waals surface area contributed by atoms with E-state index in [2.05, 4.69) is 29.8 Å². The van der Waals surface area contributed by atoms with Crippen LogP contribution in [0.4, 0.5) is 0 Å². The number of benzene rings is 1. The van der Waals surface area contributed by atoms with Crippen LogP contribution in [-0.2, 0) is 4.74 Å².